The minimum Gasteiger partial charge on any atom is -0.480 e. The molecule has 0 radical (unpaired) electrons. The van der Waals surface area contributed by atoms with Crippen LogP contribution in [0.5, 0.6) is 0 Å². The van der Waals surface area contributed by atoms with E-state index < -0.39 is 11.4 Å². The lowest BCUT2D eigenvalue weighted by Gasteiger charge is -2.20. The third kappa shape index (κ3) is 2.32. The molecule has 1 aliphatic carbocycles. The first-order chi connectivity index (χ1) is 8.56. The van der Waals surface area contributed by atoms with Gasteiger partial charge in [0.05, 0.1) is 5.69 Å². The highest BCUT2D eigenvalue weighted by atomic mass is 16.4. The Balaban J connectivity index is 1.91. The summed E-state index contributed by atoms with van der Waals surface area (Å²) in [6, 6.07) is 0. The average molecular weight is 249 g/mol. The molecule has 0 unspecified atom stereocenters. The summed E-state index contributed by atoms with van der Waals surface area (Å²) < 4.78 is 0. The predicted molar refractivity (Wildman–Crippen MR) is 62.7 cm³/mol. The third-order valence-electron chi connectivity index (χ3n) is 3.24. The number of hydrogen-bond donors (Lipinski definition) is 1. The van der Waals surface area contributed by atoms with E-state index in [-0.39, 0.29) is 5.91 Å². The molecule has 6 nitrogen and oxygen atoms in total. The molecule has 2 rings (SSSR count). The number of carboxylic acid groups (broad SMARTS) is 1. The van der Waals surface area contributed by atoms with Crippen LogP contribution in [0.15, 0.2) is 18.6 Å². The molecule has 0 bridgehead atoms. The molecule has 96 valence electrons. The van der Waals surface area contributed by atoms with Gasteiger partial charge in [0, 0.05) is 38.6 Å². The summed E-state index contributed by atoms with van der Waals surface area (Å²) in [7, 11) is 1.63. The lowest BCUT2D eigenvalue weighted by atomic mass is 10.1. The van der Waals surface area contributed by atoms with Crippen molar-refractivity contribution in [3.05, 3.63) is 24.3 Å². The molecule has 1 amide bonds. The molecule has 0 aliphatic heterocycles. The van der Waals surface area contributed by atoms with Crippen LogP contribution in [-0.4, -0.2) is 45.4 Å². The SMILES string of the molecule is CN(CCc1cnccn1)C(=O)C1(C(=O)O)CC1. The average Bonchev–Trinajstić information content (AvgIpc) is 3.17. The zero-order chi connectivity index (χ0) is 13.2. The van der Waals surface area contributed by atoms with E-state index in [1.165, 1.54) is 4.90 Å². The fourth-order valence-electron chi connectivity index (χ4n) is 1.85. The van der Waals surface area contributed by atoms with Crippen LogP contribution in [0.3, 0.4) is 0 Å². The number of aliphatic carboxylic acids is 1. The number of likely N-dealkylation sites (N-methyl/N-ethyl adjacent to an activating group) is 1. The van der Waals surface area contributed by atoms with Gasteiger partial charge in [-0.3, -0.25) is 19.6 Å². The van der Waals surface area contributed by atoms with Gasteiger partial charge in [-0.2, -0.15) is 0 Å². The van der Waals surface area contributed by atoms with Crippen molar-refractivity contribution >= 4 is 11.9 Å². The van der Waals surface area contributed by atoms with Crippen LogP contribution in [0.4, 0.5) is 0 Å². The molecule has 1 heterocycles. The predicted octanol–water partition coefficient (Wildman–Crippen LogP) is 0.342. The summed E-state index contributed by atoms with van der Waals surface area (Å²) in [6.07, 6.45) is 6.28. The highest BCUT2D eigenvalue weighted by Crippen LogP contribution is 2.47. The fourth-order valence-corrected chi connectivity index (χ4v) is 1.85. The van der Waals surface area contributed by atoms with Gasteiger partial charge in [-0.05, 0) is 12.8 Å². The minimum atomic E-state index is -1.16. The van der Waals surface area contributed by atoms with Crippen molar-refractivity contribution in [2.24, 2.45) is 5.41 Å². The maximum atomic E-state index is 12.0. The van der Waals surface area contributed by atoms with Crippen LogP contribution >= 0.6 is 0 Å². The van der Waals surface area contributed by atoms with Gasteiger partial charge in [-0.25, -0.2) is 0 Å². The fraction of sp³-hybridized carbons (Fsp3) is 0.500. The second-order valence-electron chi connectivity index (χ2n) is 4.56. The number of rotatable bonds is 5. The van der Waals surface area contributed by atoms with Crippen molar-refractivity contribution in [1.82, 2.24) is 14.9 Å². The molecule has 0 saturated heterocycles. The Kier molecular flexibility index (Phi) is 3.27. The van der Waals surface area contributed by atoms with Gasteiger partial charge in [0.15, 0.2) is 0 Å². The minimum absolute atomic E-state index is 0.307. The van der Waals surface area contributed by atoms with E-state index in [0.717, 1.165) is 5.69 Å². The number of carbonyl (C=O) groups excluding carboxylic acids is 1. The quantitative estimate of drug-likeness (QED) is 0.761. The first kappa shape index (κ1) is 12.5. The summed E-state index contributed by atoms with van der Waals surface area (Å²) >= 11 is 0. The van der Waals surface area contributed by atoms with Gasteiger partial charge in [-0.1, -0.05) is 0 Å². The molecule has 0 aromatic carbocycles. The molecule has 1 fully saturated rings. The first-order valence-electron chi connectivity index (χ1n) is 5.80. The Morgan fingerprint density at radius 1 is 1.44 bits per heavy atom. The van der Waals surface area contributed by atoms with E-state index >= 15 is 0 Å². The molecule has 1 aliphatic rings. The largest absolute Gasteiger partial charge is 0.480 e. The second-order valence-corrected chi connectivity index (χ2v) is 4.56. The molecule has 1 N–H and O–H groups in total. The van der Waals surface area contributed by atoms with Gasteiger partial charge in [-0.15, -0.1) is 0 Å². The van der Waals surface area contributed by atoms with Crippen LogP contribution < -0.4 is 0 Å². The van der Waals surface area contributed by atoms with E-state index in [0.29, 0.717) is 25.8 Å². The van der Waals surface area contributed by atoms with E-state index in [9.17, 15) is 9.59 Å². The summed E-state index contributed by atoms with van der Waals surface area (Å²) in [6.45, 7) is 0.451. The Hall–Kier alpha value is -1.98. The van der Waals surface area contributed by atoms with Crippen molar-refractivity contribution < 1.29 is 14.7 Å². The lowest BCUT2D eigenvalue weighted by Crippen LogP contribution is -2.39. The van der Waals surface area contributed by atoms with E-state index in [4.69, 9.17) is 5.11 Å². The molecular weight excluding hydrogens is 234 g/mol. The van der Waals surface area contributed by atoms with E-state index in [1.54, 1.807) is 25.6 Å². The monoisotopic (exact) mass is 249 g/mol. The summed E-state index contributed by atoms with van der Waals surface area (Å²) in [5, 5.41) is 9.04. The van der Waals surface area contributed by atoms with Gasteiger partial charge < -0.3 is 10.0 Å². The second kappa shape index (κ2) is 4.72. The number of aromatic nitrogens is 2. The smallest absolute Gasteiger partial charge is 0.319 e. The molecule has 1 aromatic rings. The van der Waals surface area contributed by atoms with Crippen molar-refractivity contribution in [3.63, 3.8) is 0 Å². The number of carbonyl (C=O) groups is 2. The van der Waals surface area contributed by atoms with Gasteiger partial charge in [0.2, 0.25) is 5.91 Å². The van der Waals surface area contributed by atoms with Gasteiger partial charge in [0.1, 0.15) is 5.41 Å². The zero-order valence-corrected chi connectivity index (χ0v) is 10.2. The van der Waals surface area contributed by atoms with Gasteiger partial charge in [0.25, 0.3) is 0 Å². The van der Waals surface area contributed by atoms with Crippen molar-refractivity contribution in [1.29, 1.82) is 0 Å². The van der Waals surface area contributed by atoms with Gasteiger partial charge >= 0.3 is 5.97 Å². The zero-order valence-electron chi connectivity index (χ0n) is 10.2. The molecular formula is C12H15N3O3. The highest BCUT2D eigenvalue weighted by molar-refractivity contribution is 6.04. The maximum absolute atomic E-state index is 12.0. The van der Waals surface area contributed by atoms with Crippen LogP contribution in [0.1, 0.15) is 18.5 Å². The van der Waals surface area contributed by atoms with Crippen molar-refractivity contribution in [3.8, 4) is 0 Å². The van der Waals surface area contributed by atoms with Crippen molar-refractivity contribution in [2.75, 3.05) is 13.6 Å². The molecule has 1 saturated carbocycles. The summed E-state index contributed by atoms with van der Waals surface area (Å²) in [5.74, 6) is -1.32. The Bertz CT molecular complexity index is 457. The van der Waals surface area contributed by atoms with Crippen molar-refractivity contribution in [2.45, 2.75) is 19.3 Å². The molecule has 6 heteroatoms. The Labute approximate surface area is 105 Å². The number of nitrogens with zero attached hydrogens (tertiary/aromatic N) is 3. The summed E-state index contributed by atoms with van der Waals surface area (Å²) in [4.78, 5) is 32.5. The van der Waals surface area contributed by atoms with E-state index in [1.807, 2.05) is 0 Å². The van der Waals surface area contributed by atoms with E-state index in [2.05, 4.69) is 9.97 Å². The normalized spacial score (nSPS) is 16.1. The molecule has 0 spiro atoms. The molecule has 1 aromatic heterocycles. The topological polar surface area (TPSA) is 83.4 Å². The third-order valence-corrected chi connectivity index (χ3v) is 3.24. The highest BCUT2D eigenvalue weighted by Gasteiger charge is 2.58. The Morgan fingerprint density at radius 3 is 2.67 bits per heavy atom. The number of hydrogen-bond acceptors (Lipinski definition) is 4. The number of amides is 1. The lowest BCUT2D eigenvalue weighted by molar-refractivity contribution is -0.152. The van der Waals surface area contributed by atoms with Crippen LogP contribution in [0.2, 0.25) is 0 Å². The van der Waals surface area contributed by atoms with Crippen LogP contribution in [-0.2, 0) is 16.0 Å². The first-order valence-corrected chi connectivity index (χ1v) is 5.80. The van der Waals surface area contributed by atoms with Crippen LogP contribution in [0, 0.1) is 5.41 Å². The molecule has 0 atom stereocenters. The van der Waals surface area contributed by atoms with Crippen LogP contribution in [0.25, 0.3) is 0 Å². The Morgan fingerprint density at radius 2 is 2.17 bits per heavy atom. The molecule has 18 heavy (non-hydrogen) atoms. The summed E-state index contributed by atoms with van der Waals surface area (Å²) in [5.41, 5.74) is -0.366. The standard InChI is InChI=1S/C12H15N3O3/c1-15(7-2-9-8-13-5-6-14-9)10(16)12(3-4-12)11(17)18/h5-6,8H,2-4,7H2,1H3,(H,17,18). The maximum Gasteiger partial charge on any atom is 0.319 e. The number of carboxylic acids is 1.